The Kier molecular flexibility index (Phi) is 3.61. The lowest BCUT2D eigenvalue weighted by Crippen LogP contribution is -2.57. The van der Waals surface area contributed by atoms with Gasteiger partial charge in [-0.1, -0.05) is 0 Å². The van der Waals surface area contributed by atoms with E-state index in [1.807, 2.05) is 0 Å². The molecule has 9 heteroatoms. The van der Waals surface area contributed by atoms with Crippen LogP contribution in [0.3, 0.4) is 0 Å². The summed E-state index contributed by atoms with van der Waals surface area (Å²) in [6, 6.07) is 0. The van der Waals surface area contributed by atoms with Crippen LogP contribution in [0.2, 0.25) is 0 Å². The molecule has 3 rings (SSSR count). The van der Waals surface area contributed by atoms with Gasteiger partial charge in [0.05, 0.1) is 17.2 Å². The quantitative estimate of drug-likeness (QED) is 0.771. The standard InChI is InChI=1S/C13H14BrN5O3/c14-8-4-16-10-9(5-17-19(10)6-8)11(20)18-3-1-2-13(22,7-18)12(15)21/h4-6,22H,1-3,7H2,(H2,15,21). The molecule has 0 bridgehead atoms. The molecule has 3 heterocycles. The normalized spacial score (nSPS) is 22.0. The summed E-state index contributed by atoms with van der Waals surface area (Å²) in [5.41, 5.74) is 4.29. The second-order valence-corrected chi connectivity index (χ2v) is 6.24. The maximum atomic E-state index is 12.6. The molecule has 1 aliphatic heterocycles. The Labute approximate surface area is 134 Å². The van der Waals surface area contributed by atoms with Crippen molar-refractivity contribution < 1.29 is 14.7 Å². The molecule has 2 aromatic rings. The van der Waals surface area contributed by atoms with Gasteiger partial charge in [-0.25, -0.2) is 9.50 Å². The summed E-state index contributed by atoms with van der Waals surface area (Å²) in [6.07, 6.45) is 5.45. The summed E-state index contributed by atoms with van der Waals surface area (Å²) in [4.78, 5) is 29.6. The Balaban J connectivity index is 1.91. The van der Waals surface area contributed by atoms with Gasteiger partial charge in [-0.15, -0.1) is 0 Å². The highest BCUT2D eigenvalue weighted by molar-refractivity contribution is 9.10. The fourth-order valence-electron chi connectivity index (χ4n) is 2.58. The van der Waals surface area contributed by atoms with Crippen molar-refractivity contribution >= 4 is 33.4 Å². The Morgan fingerprint density at radius 2 is 2.18 bits per heavy atom. The SMILES string of the molecule is NC(=O)C1(O)CCCN(C(=O)c2cnn3cc(Br)cnc23)C1. The molecule has 2 aromatic heterocycles. The zero-order chi connectivity index (χ0) is 15.9. The number of nitrogens with zero attached hydrogens (tertiary/aromatic N) is 4. The summed E-state index contributed by atoms with van der Waals surface area (Å²) in [7, 11) is 0. The number of rotatable bonds is 2. The Morgan fingerprint density at radius 3 is 2.91 bits per heavy atom. The minimum absolute atomic E-state index is 0.116. The van der Waals surface area contributed by atoms with E-state index in [1.54, 1.807) is 12.4 Å². The Morgan fingerprint density at radius 1 is 1.41 bits per heavy atom. The van der Waals surface area contributed by atoms with Gasteiger partial charge in [0, 0.05) is 18.9 Å². The maximum absolute atomic E-state index is 12.6. The minimum Gasteiger partial charge on any atom is -0.378 e. The van der Waals surface area contributed by atoms with Crippen molar-refractivity contribution in [1.29, 1.82) is 0 Å². The first-order valence-electron chi connectivity index (χ1n) is 6.71. The lowest BCUT2D eigenvalue weighted by Gasteiger charge is -2.36. The molecule has 0 saturated carbocycles. The molecule has 2 amide bonds. The Bertz CT molecular complexity index is 761. The minimum atomic E-state index is -1.67. The molecular weight excluding hydrogens is 354 g/mol. The van der Waals surface area contributed by atoms with Crippen molar-refractivity contribution in [3.05, 3.63) is 28.6 Å². The topological polar surface area (TPSA) is 114 Å². The van der Waals surface area contributed by atoms with E-state index in [0.29, 0.717) is 24.2 Å². The monoisotopic (exact) mass is 367 g/mol. The number of hydrogen-bond acceptors (Lipinski definition) is 5. The third kappa shape index (κ3) is 2.46. The number of primary amides is 1. The van der Waals surface area contributed by atoms with Crippen molar-refractivity contribution in [3.8, 4) is 0 Å². The Hall–Kier alpha value is -2.00. The number of hydrogen-bond donors (Lipinski definition) is 2. The van der Waals surface area contributed by atoms with E-state index >= 15 is 0 Å². The molecule has 3 N–H and O–H groups in total. The van der Waals surface area contributed by atoms with Crippen LogP contribution in [0.25, 0.3) is 5.65 Å². The van der Waals surface area contributed by atoms with Gasteiger partial charge in [-0.2, -0.15) is 5.10 Å². The number of fused-ring (bicyclic) bond motifs is 1. The molecule has 1 atom stereocenters. The molecule has 1 unspecified atom stereocenters. The highest BCUT2D eigenvalue weighted by Gasteiger charge is 2.40. The van der Waals surface area contributed by atoms with Crippen molar-refractivity contribution in [2.24, 2.45) is 5.73 Å². The first-order valence-corrected chi connectivity index (χ1v) is 7.50. The predicted molar refractivity (Wildman–Crippen MR) is 80.0 cm³/mol. The number of likely N-dealkylation sites (tertiary alicyclic amines) is 1. The van der Waals surface area contributed by atoms with Gasteiger partial charge < -0.3 is 15.7 Å². The molecule has 1 fully saturated rings. The maximum Gasteiger partial charge on any atom is 0.259 e. The van der Waals surface area contributed by atoms with E-state index in [9.17, 15) is 14.7 Å². The average Bonchev–Trinajstić information content (AvgIpc) is 2.89. The van der Waals surface area contributed by atoms with Gasteiger partial charge >= 0.3 is 0 Å². The van der Waals surface area contributed by atoms with Crippen LogP contribution in [0, 0.1) is 0 Å². The number of amides is 2. The van der Waals surface area contributed by atoms with E-state index in [2.05, 4.69) is 26.0 Å². The van der Waals surface area contributed by atoms with Crippen LogP contribution in [0.15, 0.2) is 23.1 Å². The smallest absolute Gasteiger partial charge is 0.259 e. The van der Waals surface area contributed by atoms with E-state index in [4.69, 9.17) is 5.73 Å². The van der Waals surface area contributed by atoms with Crippen LogP contribution in [-0.4, -0.2) is 55.1 Å². The third-order valence-electron chi connectivity index (χ3n) is 3.77. The second kappa shape index (κ2) is 5.33. The first kappa shape index (κ1) is 14.9. The second-order valence-electron chi connectivity index (χ2n) is 5.32. The first-order chi connectivity index (χ1) is 10.4. The average molecular weight is 368 g/mol. The molecule has 0 spiro atoms. The molecule has 8 nitrogen and oxygen atoms in total. The highest BCUT2D eigenvalue weighted by Crippen LogP contribution is 2.23. The van der Waals surface area contributed by atoms with E-state index in [0.717, 1.165) is 4.47 Å². The molecule has 22 heavy (non-hydrogen) atoms. The van der Waals surface area contributed by atoms with E-state index < -0.39 is 11.5 Å². The number of β-amino-alcohol motifs (C(OH)–C–C–N with tert-alkyl or cyclic N) is 1. The van der Waals surface area contributed by atoms with Crippen LogP contribution in [0.5, 0.6) is 0 Å². The number of aliphatic hydroxyl groups is 1. The van der Waals surface area contributed by atoms with Crippen molar-refractivity contribution in [1.82, 2.24) is 19.5 Å². The number of halogens is 1. The third-order valence-corrected chi connectivity index (χ3v) is 4.18. The number of aromatic nitrogens is 3. The van der Waals surface area contributed by atoms with Crippen LogP contribution in [-0.2, 0) is 4.79 Å². The van der Waals surface area contributed by atoms with Gasteiger partial charge in [-0.3, -0.25) is 9.59 Å². The fourth-order valence-corrected chi connectivity index (χ4v) is 2.88. The van der Waals surface area contributed by atoms with E-state index in [1.165, 1.54) is 15.6 Å². The van der Waals surface area contributed by atoms with Crippen molar-refractivity contribution in [3.63, 3.8) is 0 Å². The predicted octanol–water partition coefficient (Wildman–Crippen LogP) is -0.0558. The molecule has 1 aliphatic rings. The van der Waals surface area contributed by atoms with Gasteiger partial charge in [0.15, 0.2) is 11.2 Å². The van der Waals surface area contributed by atoms with Gasteiger partial charge in [-0.05, 0) is 28.8 Å². The van der Waals surface area contributed by atoms with Crippen LogP contribution >= 0.6 is 15.9 Å². The van der Waals surface area contributed by atoms with Crippen molar-refractivity contribution in [2.45, 2.75) is 18.4 Å². The van der Waals surface area contributed by atoms with Gasteiger partial charge in [0.1, 0.15) is 5.56 Å². The van der Waals surface area contributed by atoms with Crippen LogP contribution in [0.1, 0.15) is 23.2 Å². The number of nitrogens with two attached hydrogens (primary N) is 1. The number of carbonyl (C=O) groups is 2. The lowest BCUT2D eigenvalue weighted by atomic mass is 9.92. The zero-order valence-corrected chi connectivity index (χ0v) is 13.2. The highest BCUT2D eigenvalue weighted by atomic mass is 79.9. The summed E-state index contributed by atoms with van der Waals surface area (Å²) < 4.78 is 2.23. The molecule has 0 aliphatic carbocycles. The molecule has 0 aromatic carbocycles. The summed E-state index contributed by atoms with van der Waals surface area (Å²) in [5.74, 6) is -1.14. The van der Waals surface area contributed by atoms with Gasteiger partial charge in [0.2, 0.25) is 0 Å². The molecule has 116 valence electrons. The molecular formula is C13H14BrN5O3. The lowest BCUT2D eigenvalue weighted by molar-refractivity contribution is -0.140. The fraction of sp³-hybridized carbons (Fsp3) is 0.385. The summed E-state index contributed by atoms with van der Waals surface area (Å²) in [5, 5.41) is 14.3. The largest absolute Gasteiger partial charge is 0.378 e. The van der Waals surface area contributed by atoms with Crippen LogP contribution in [0.4, 0.5) is 0 Å². The molecule has 0 radical (unpaired) electrons. The number of piperidine rings is 1. The molecule has 1 saturated heterocycles. The summed E-state index contributed by atoms with van der Waals surface area (Å²) in [6.45, 7) is 0.331. The zero-order valence-electron chi connectivity index (χ0n) is 11.6. The number of carbonyl (C=O) groups excluding carboxylic acids is 2. The summed E-state index contributed by atoms with van der Waals surface area (Å²) >= 11 is 3.28. The van der Waals surface area contributed by atoms with Gasteiger partial charge in [0.25, 0.3) is 11.8 Å². The van der Waals surface area contributed by atoms with Crippen LogP contribution < -0.4 is 5.73 Å². The van der Waals surface area contributed by atoms with Crippen molar-refractivity contribution in [2.75, 3.05) is 13.1 Å². The van der Waals surface area contributed by atoms with E-state index in [-0.39, 0.29) is 18.9 Å².